The number of carboxylic acids is 1. The third-order valence-electron chi connectivity index (χ3n) is 10.3. The summed E-state index contributed by atoms with van der Waals surface area (Å²) in [5.41, 5.74) is 4.56. The van der Waals surface area contributed by atoms with Gasteiger partial charge < -0.3 is 44.6 Å². The molecule has 1 heterocycles. The summed E-state index contributed by atoms with van der Waals surface area (Å²) in [5.74, 6) is -1.97. The first-order chi connectivity index (χ1) is 26.6. The standard InChI is InChI=1S/C42H67N3O12/c1-26(2)30(19-29-13-14-33(53-11)35(20-29)54-18-12-17-52-10)21-32-34(22-31(27(3)4)38(49)44-24-41(6,7)39(43)50)55-25-45(32)40(51)56-28(5)23-42(8,9)57-37(48)16-15-36(46)47/h13-16,20,26-28,30-32,34H,12,17-19,21-25H2,1-11H3,(H2,43,50)(H,44,49)(H,46,47)/b16-15+/t28?,30-,31-,32-,34-/m0/s1. The van der Waals surface area contributed by atoms with E-state index in [1.165, 1.54) is 0 Å². The molecule has 5 atom stereocenters. The van der Waals surface area contributed by atoms with Gasteiger partial charge >= 0.3 is 18.0 Å². The lowest BCUT2D eigenvalue weighted by Gasteiger charge is -2.34. The number of primary amides is 1. The summed E-state index contributed by atoms with van der Waals surface area (Å²) in [6.45, 7) is 17.5. The lowest BCUT2D eigenvalue weighted by atomic mass is 9.80. The Morgan fingerprint density at radius 2 is 1.67 bits per heavy atom. The van der Waals surface area contributed by atoms with Gasteiger partial charge in [-0.15, -0.1) is 0 Å². The number of ether oxygens (including phenoxy) is 6. The summed E-state index contributed by atoms with van der Waals surface area (Å²) >= 11 is 0. The highest BCUT2D eigenvalue weighted by atomic mass is 16.6. The Hall–Kier alpha value is -4.37. The Balaban J connectivity index is 2.40. The fraction of sp³-hybridized carbons (Fsp3) is 0.690. The maximum absolute atomic E-state index is 14.0. The molecule has 0 radical (unpaired) electrons. The Labute approximate surface area is 338 Å². The van der Waals surface area contributed by atoms with Crippen LogP contribution in [0.2, 0.25) is 0 Å². The monoisotopic (exact) mass is 805 g/mol. The Morgan fingerprint density at radius 1 is 0.982 bits per heavy atom. The van der Waals surface area contributed by atoms with Crippen molar-refractivity contribution >= 4 is 29.8 Å². The molecule has 1 unspecified atom stereocenters. The van der Waals surface area contributed by atoms with E-state index in [1.54, 1.807) is 53.7 Å². The number of aliphatic carboxylic acids is 1. The van der Waals surface area contributed by atoms with Crippen molar-refractivity contribution in [3.63, 3.8) is 0 Å². The van der Waals surface area contributed by atoms with E-state index in [1.807, 2.05) is 32.0 Å². The molecule has 4 N–H and O–H groups in total. The number of benzene rings is 1. The third-order valence-corrected chi connectivity index (χ3v) is 10.3. The number of carbonyl (C=O) groups is 5. The predicted octanol–water partition coefficient (Wildman–Crippen LogP) is 5.51. The molecule has 0 aromatic heterocycles. The van der Waals surface area contributed by atoms with Gasteiger partial charge in [-0.25, -0.2) is 14.4 Å². The van der Waals surface area contributed by atoms with Crippen molar-refractivity contribution in [2.45, 2.75) is 118 Å². The molecule has 1 aromatic carbocycles. The highest BCUT2D eigenvalue weighted by molar-refractivity contribution is 5.90. The lowest BCUT2D eigenvalue weighted by Crippen LogP contribution is -2.47. The second-order valence-corrected chi connectivity index (χ2v) is 16.8. The van der Waals surface area contributed by atoms with Crippen LogP contribution in [0.25, 0.3) is 0 Å². The minimum atomic E-state index is -1.28. The number of amides is 3. The molecular weight excluding hydrogens is 738 g/mol. The van der Waals surface area contributed by atoms with Crippen molar-refractivity contribution in [3.05, 3.63) is 35.9 Å². The molecular formula is C42H67N3O12. The fourth-order valence-corrected chi connectivity index (χ4v) is 6.75. The lowest BCUT2D eigenvalue weighted by molar-refractivity contribution is -0.153. The zero-order chi connectivity index (χ0) is 43.1. The maximum atomic E-state index is 14.0. The maximum Gasteiger partial charge on any atom is 0.412 e. The molecule has 2 rings (SSSR count). The number of esters is 1. The van der Waals surface area contributed by atoms with Crippen LogP contribution in [0.3, 0.4) is 0 Å². The molecule has 0 spiro atoms. The van der Waals surface area contributed by atoms with E-state index in [0.29, 0.717) is 50.1 Å². The summed E-state index contributed by atoms with van der Waals surface area (Å²) in [7, 11) is 3.24. The molecule has 1 saturated heterocycles. The molecule has 1 aliphatic heterocycles. The molecule has 0 aliphatic carbocycles. The van der Waals surface area contributed by atoms with Crippen LogP contribution in [-0.4, -0.2) is 104 Å². The van der Waals surface area contributed by atoms with Crippen LogP contribution in [-0.2, 0) is 44.5 Å². The molecule has 57 heavy (non-hydrogen) atoms. The van der Waals surface area contributed by atoms with Gasteiger partial charge in [-0.1, -0.05) is 33.8 Å². The van der Waals surface area contributed by atoms with Gasteiger partial charge in [0.05, 0.1) is 31.3 Å². The molecule has 1 aliphatic rings. The highest BCUT2D eigenvalue weighted by Crippen LogP contribution is 2.36. The average Bonchev–Trinajstić information content (AvgIpc) is 3.51. The van der Waals surface area contributed by atoms with E-state index in [9.17, 15) is 24.0 Å². The van der Waals surface area contributed by atoms with Crippen molar-refractivity contribution < 1.29 is 57.5 Å². The summed E-state index contributed by atoms with van der Waals surface area (Å²) in [4.78, 5) is 64.2. The van der Waals surface area contributed by atoms with E-state index < -0.39 is 59.1 Å². The number of nitrogens with two attached hydrogens (primary N) is 1. The summed E-state index contributed by atoms with van der Waals surface area (Å²) in [6.07, 6.45) is 2.03. The van der Waals surface area contributed by atoms with Crippen molar-refractivity contribution in [2.75, 3.05) is 40.7 Å². The third kappa shape index (κ3) is 16.2. The van der Waals surface area contributed by atoms with Crippen molar-refractivity contribution in [2.24, 2.45) is 34.8 Å². The number of carbonyl (C=O) groups excluding carboxylic acids is 4. The second-order valence-electron chi connectivity index (χ2n) is 16.8. The van der Waals surface area contributed by atoms with E-state index in [-0.39, 0.29) is 43.4 Å². The van der Waals surface area contributed by atoms with Crippen LogP contribution in [0, 0.1) is 29.1 Å². The van der Waals surface area contributed by atoms with Crippen LogP contribution >= 0.6 is 0 Å². The van der Waals surface area contributed by atoms with E-state index in [0.717, 1.165) is 18.1 Å². The highest BCUT2D eigenvalue weighted by Gasteiger charge is 2.44. The number of nitrogens with one attached hydrogen (secondary N) is 1. The first-order valence-electron chi connectivity index (χ1n) is 19.7. The van der Waals surface area contributed by atoms with Crippen LogP contribution in [0.5, 0.6) is 11.5 Å². The topological polar surface area (TPSA) is 202 Å². The molecule has 0 saturated carbocycles. The van der Waals surface area contributed by atoms with E-state index in [4.69, 9.17) is 39.3 Å². The minimum Gasteiger partial charge on any atom is -0.493 e. The van der Waals surface area contributed by atoms with Crippen molar-refractivity contribution in [1.29, 1.82) is 0 Å². The van der Waals surface area contributed by atoms with Gasteiger partial charge in [0.1, 0.15) is 18.4 Å². The molecule has 3 amide bonds. The first kappa shape index (κ1) is 48.8. The van der Waals surface area contributed by atoms with Crippen LogP contribution < -0.4 is 20.5 Å². The van der Waals surface area contributed by atoms with Gasteiger partial charge in [-0.3, -0.25) is 14.5 Å². The average molecular weight is 806 g/mol. The number of hydrogen-bond acceptors (Lipinski definition) is 11. The molecule has 15 heteroatoms. The molecule has 1 fully saturated rings. The number of rotatable bonds is 24. The van der Waals surface area contributed by atoms with Gasteiger partial charge in [-0.05, 0) is 89.3 Å². The first-order valence-corrected chi connectivity index (χ1v) is 19.7. The summed E-state index contributed by atoms with van der Waals surface area (Å²) < 4.78 is 34.5. The Bertz CT molecular complexity index is 1530. The van der Waals surface area contributed by atoms with Gasteiger partial charge in [0.25, 0.3) is 0 Å². The quantitative estimate of drug-likeness (QED) is 0.0673. The molecule has 15 nitrogen and oxygen atoms in total. The Morgan fingerprint density at radius 3 is 2.25 bits per heavy atom. The second kappa shape index (κ2) is 22.5. The zero-order valence-corrected chi connectivity index (χ0v) is 35.8. The summed E-state index contributed by atoms with van der Waals surface area (Å²) in [6, 6.07) is 5.40. The number of methoxy groups -OCH3 is 2. The van der Waals surface area contributed by atoms with Crippen molar-refractivity contribution in [3.8, 4) is 11.5 Å². The fourth-order valence-electron chi connectivity index (χ4n) is 6.75. The SMILES string of the molecule is COCCCOc1cc(C[C@@H](C[C@H]2[C@H](C[C@H](C(=O)NCC(C)(C)C(N)=O)C(C)C)OCN2C(=O)OC(C)CC(C)(C)OC(=O)/C=C/C(=O)O)C(C)C)ccc1OC. The molecule has 322 valence electrons. The predicted molar refractivity (Wildman–Crippen MR) is 213 cm³/mol. The summed E-state index contributed by atoms with van der Waals surface area (Å²) in [5, 5.41) is 11.8. The van der Waals surface area contributed by atoms with Crippen LogP contribution in [0.15, 0.2) is 30.4 Å². The zero-order valence-electron chi connectivity index (χ0n) is 35.8. The largest absolute Gasteiger partial charge is 0.493 e. The van der Waals surface area contributed by atoms with Crippen molar-refractivity contribution in [1.82, 2.24) is 10.2 Å². The minimum absolute atomic E-state index is 0.0570. The van der Waals surface area contributed by atoms with Gasteiger partial charge in [0, 0.05) is 51.2 Å². The number of nitrogens with zero attached hydrogens (tertiary/aromatic N) is 1. The Kier molecular flexibility index (Phi) is 19.3. The number of carboxylic acid groups (broad SMARTS) is 1. The molecule has 0 bridgehead atoms. The van der Waals surface area contributed by atoms with Gasteiger partial charge in [-0.2, -0.15) is 0 Å². The van der Waals surface area contributed by atoms with Crippen LogP contribution in [0.1, 0.15) is 93.6 Å². The van der Waals surface area contributed by atoms with Gasteiger partial charge in [0.2, 0.25) is 11.8 Å². The molecule has 1 aromatic rings. The van der Waals surface area contributed by atoms with E-state index >= 15 is 0 Å². The van der Waals surface area contributed by atoms with Crippen LogP contribution in [0.4, 0.5) is 4.79 Å². The normalized spacial score (nSPS) is 17.7. The van der Waals surface area contributed by atoms with Gasteiger partial charge in [0.15, 0.2) is 11.5 Å². The number of hydrogen-bond donors (Lipinski definition) is 3. The smallest absolute Gasteiger partial charge is 0.412 e. The van der Waals surface area contributed by atoms with E-state index in [2.05, 4.69) is 19.2 Å².